The lowest BCUT2D eigenvalue weighted by atomic mass is 10.3. The Morgan fingerprint density at radius 1 is 1.15 bits per heavy atom. The molecule has 1 aliphatic heterocycles. The van der Waals surface area contributed by atoms with E-state index >= 15 is 0 Å². The van der Waals surface area contributed by atoms with Gasteiger partial charge in [0.1, 0.15) is 0 Å². The fourth-order valence-electron chi connectivity index (χ4n) is 2.30. The van der Waals surface area contributed by atoms with E-state index in [4.69, 9.17) is 23.2 Å². The average molecular weight is 312 g/mol. The zero-order chi connectivity index (χ0) is 13.9. The van der Waals surface area contributed by atoms with Crippen LogP contribution >= 0.6 is 23.2 Å². The first-order chi connectivity index (χ1) is 9.74. The van der Waals surface area contributed by atoms with Crippen LogP contribution in [0.5, 0.6) is 0 Å². The first-order valence-electron chi connectivity index (χ1n) is 6.52. The van der Waals surface area contributed by atoms with Crippen molar-refractivity contribution in [2.45, 2.75) is 6.54 Å². The molecule has 0 radical (unpaired) electrons. The first-order valence-corrected chi connectivity index (χ1v) is 7.28. The molecule has 2 aromatic rings. The van der Waals surface area contributed by atoms with Gasteiger partial charge in [0.05, 0.1) is 27.6 Å². The number of aromatic nitrogens is 3. The van der Waals surface area contributed by atoms with E-state index in [1.165, 1.54) is 0 Å². The van der Waals surface area contributed by atoms with E-state index in [0.717, 1.165) is 44.1 Å². The van der Waals surface area contributed by atoms with Crippen molar-refractivity contribution in [3.8, 4) is 5.69 Å². The molecule has 1 fully saturated rings. The number of hydrogen-bond acceptors (Lipinski definition) is 4. The predicted octanol–water partition coefficient (Wildman–Crippen LogP) is 1.98. The van der Waals surface area contributed by atoms with Crippen molar-refractivity contribution < 1.29 is 0 Å². The molecule has 1 N–H and O–H groups in total. The Bertz CT molecular complexity index is 592. The summed E-state index contributed by atoms with van der Waals surface area (Å²) in [7, 11) is 0. The maximum atomic E-state index is 6.06. The normalized spacial score (nSPS) is 16.5. The highest BCUT2D eigenvalue weighted by atomic mass is 35.5. The maximum Gasteiger partial charge on any atom is 0.0786 e. The van der Waals surface area contributed by atoms with Gasteiger partial charge in [-0.05, 0) is 18.2 Å². The molecule has 0 atom stereocenters. The molecule has 5 nitrogen and oxygen atoms in total. The van der Waals surface area contributed by atoms with Crippen molar-refractivity contribution in [3.63, 3.8) is 0 Å². The van der Waals surface area contributed by atoms with E-state index in [9.17, 15) is 0 Å². The standard InChI is InChI=1S/C13H15Cl2N5/c14-12-2-1-10(7-13(12)15)20-11(8-17-18-20)9-19-5-3-16-4-6-19/h1-2,7-8,16H,3-6,9H2. The minimum absolute atomic E-state index is 0.521. The maximum absolute atomic E-state index is 6.06. The molecule has 0 aliphatic carbocycles. The molecule has 3 rings (SSSR count). The Morgan fingerprint density at radius 2 is 1.95 bits per heavy atom. The number of nitrogens with one attached hydrogen (secondary N) is 1. The number of piperazine rings is 1. The molecule has 1 aromatic heterocycles. The Balaban J connectivity index is 1.83. The predicted molar refractivity (Wildman–Crippen MR) is 79.5 cm³/mol. The summed E-state index contributed by atoms with van der Waals surface area (Å²) >= 11 is 12.0. The van der Waals surface area contributed by atoms with Gasteiger partial charge < -0.3 is 5.32 Å². The highest BCUT2D eigenvalue weighted by Gasteiger charge is 2.14. The number of nitrogens with zero attached hydrogens (tertiary/aromatic N) is 4. The van der Waals surface area contributed by atoms with E-state index in [1.807, 2.05) is 10.7 Å². The van der Waals surface area contributed by atoms with Crippen LogP contribution in [0, 0.1) is 0 Å². The van der Waals surface area contributed by atoms with Gasteiger partial charge in [0.25, 0.3) is 0 Å². The fourth-order valence-corrected chi connectivity index (χ4v) is 2.59. The molecule has 20 heavy (non-hydrogen) atoms. The minimum Gasteiger partial charge on any atom is -0.314 e. The lowest BCUT2D eigenvalue weighted by molar-refractivity contribution is 0.229. The summed E-state index contributed by atoms with van der Waals surface area (Å²) in [5.74, 6) is 0. The number of benzene rings is 1. The lowest BCUT2D eigenvalue weighted by Gasteiger charge is -2.26. The van der Waals surface area contributed by atoms with E-state index in [-0.39, 0.29) is 0 Å². The highest BCUT2D eigenvalue weighted by molar-refractivity contribution is 6.42. The topological polar surface area (TPSA) is 46.0 Å². The van der Waals surface area contributed by atoms with Crippen LogP contribution in [0.2, 0.25) is 10.0 Å². The Hall–Kier alpha value is -1.14. The smallest absolute Gasteiger partial charge is 0.0786 e. The molecule has 0 saturated carbocycles. The van der Waals surface area contributed by atoms with Crippen molar-refractivity contribution in [3.05, 3.63) is 40.1 Å². The quantitative estimate of drug-likeness (QED) is 0.941. The summed E-state index contributed by atoms with van der Waals surface area (Å²) in [6.07, 6.45) is 1.80. The van der Waals surface area contributed by atoms with Crippen LogP contribution in [-0.2, 0) is 6.54 Å². The van der Waals surface area contributed by atoms with Gasteiger partial charge in [-0.3, -0.25) is 4.90 Å². The molecular weight excluding hydrogens is 297 g/mol. The van der Waals surface area contributed by atoms with E-state index < -0.39 is 0 Å². The van der Waals surface area contributed by atoms with Gasteiger partial charge >= 0.3 is 0 Å². The van der Waals surface area contributed by atoms with E-state index in [0.29, 0.717) is 10.0 Å². The number of rotatable bonds is 3. The molecule has 0 unspecified atom stereocenters. The second-order valence-corrected chi connectivity index (χ2v) is 5.58. The molecule has 106 valence electrons. The molecule has 0 amide bonds. The Kier molecular flexibility index (Phi) is 4.21. The zero-order valence-electron chi connectivity index (χ0n) is 10.9. The summed E-state index contributed by atoms with van der Waals surface area (Å²) in [5.41, 5.74) is 1.92. The van der Waals surface area contributed by atoms with Crippen LogP contribution in [0.1, 0.15) is 5.69 Å². The monoisotopic (exact) mass is 311 g/mol. The van der Waals surface area contributed by atoms with Crippen molar-refractivity contribution in [2.24, 2.45) is 0 Å². The van der Waals surface area contributed by atoms with Crippen molar-refractivity contribution >= 4 is 23.2 Å². The summed E-state index contributed by atoms with van der Waals surface area (Å²) in [5, 5.41) is 12.6. The van der Waals surface area contributed by atoms with Crippen LogP contribution in [0.3, 0.4) is 0 Å². The summed E-state index contributed by atoms with van der Waals surface area (Å²) in [6, 6.07) is 5.47. The SMILES string of the molecule is Clc1ccc(-n2nncc2CN2CCNCC2)cc1Cl. The molecule has 7 heteroatoms. The molecule has 0 bridgehead atoms. The van der Waals surface area contributed by atoms with Gasteiger partial charge in [-0.2, -0.15) is 0 Å². The van der Waals surface area contributed by atoms with Gasteiger partial charge in [0.2, 0.25) is 0 Å². The van der Waals surface area contributed by atoms with Gasteiger partial charge in [-0.15, -0.1) is 5.10 Å². The largest absolute Gasteiger partial charge is 0.314 e. The summed E-state index contributed by atoms with van der Waals surface area (Å²) in [6.45, 7) is 4.94. The van der Waals surface area contributed by atoms with Gasteiger partial charge in [-0.1, -0.05) is 28.4 Å². The van der Waals surface area contributed by atoms with E-state index in [2.05, 4.69) is 20.5 Å². The van der Waals surface area contributed by atoms with Crippen LogP contribution in [0.25, 0.3) is 5.69 Å². The summed E-state index contributed by atoms with van der Waals surface area (Å²) in [4.78, 5) is 2.38. The summed E-state index contributed by atoms with van der Waals surface area (Å²) < 4.78 is 1.81. The second-order valence-electron chi connectivity index (χ2n) is 4.76. The molecule has 1 aliphatic rings. The van der Waals surface area contributed by atoms with Crippen molar-refractivity contribution in [1.82, 2.24) is 25.2 Å². The molecule has 1 aromatic carbocycles. The van der Waals surface area contributed by atoms with Crippen LogP contribution < -0.4 is 5.32 Å². The van der Waals surface area contributed by atoms with Crippen LogP contribution in [0.4, 0.5) is 0 Å². The fraction of sp³-hybridized carbons (Fsp3) is 0.385. The third kappa shape index (κ3) is 2.96. The van der Waals surface area contributed by atoms with Gasteiger partial charge in [0, 0.05) is 32.7 Å². The van der Waals surface area contributed by atoms with Crippen molar-refractivity contribution in [2.75, 3.05) is 26.2 Å². The molecule has 1 saturated heterocycles. The first kappa shape index (κ1) is 13.8. The molecule has 0 spiro atoms. The third-order valence-corrected chi connectivity index (χ3v) is 4.10. The van der Waals surface area contributed by atoms with Gasteiger partial charge in [0.15, 0.2) is 0 Å². The van der Waals surface area contributed by atoms with Gasteiger partial charge in [-0.25, -0.2) is 4.68 Å². The number of hydrogen-bond donors (Lipinski definition) is 1. The van der Waals surface area contributed by atoms with Crippen LogP contribution in [0.15, 0.2) is 24.4 Å². The molecular formula is C13H15Cl2N5. The zero-order valence-corrected chi connectivity index (χ0v) is 12.4. The Labute approximate surface area is 127 Å². The van der Waals surface area contributed by atoms with Crippen molar-refractivity contribution in [1.29, 1.82) is 0 Å². The lowest BCUT2D eigenvalue weighted by Crippen LogP contribution is -2.43. The highest BCUT2D eigenvalue weighted by Crippen LogP contribution is 2.24. The third-order valence-electron chi connectivity index (χ3n) is 3.36. The minimum atomic E-state index is 0.521. The van der Waals surface area contributed by atoms with E-state index in [1.54, 1.807) is 18.3 Å². The van der Waals surface area contributed by atoms with Crippen LogP contribution in [-0.4, -0.2) is 46.1 Å². The molecule has 2 heterocycles. The average Bonchev–Trinajstić information content (AvgIpc) is 2.91. The second kappa shape index (κ2) is 6.10. The Morgan fingerprint density at radius 3 is 2.70 bits per heavy atom. The number of halogens is 2.